The molecule has 5 heteroatoms. The molecule has 0 saturated heterocycles. The standard InChI is InChI=1S/C13H11NO4/c1-3-5-18-11-7-9(13(16)17)6-10(8-11)14-12(15)4-2/h1,4,6-8H,2,5H2,(H,14,15)(H,16,17). The van der Waals surface area contributed by atoms with Crippen LogP contribution >= 0.6 is 0 Å². The molecule has 92 valence electrons. The molecule has 18 heavy (non-hydrogen) atoms. The molecule has 0 aromatic heterocycles. The summed E-state index contributed by atoms with van der Waals surface area (Å²) in [6, 6.07) is 4.11. The Hall–Kier alpha value is -2.74. The molecule has 0 radical (unpaired) electrons. The summed E-state index contributed by atoms with van der Waals surface area (Å²) in [5, 5.41) is 11.4. The Morgan fingerprint density at radius 1 is 1.50 bits per heavy atom. The predicted molar refractivity (Wildman–Crippen MR) is 66.6 cm³/mol. The second-order valence-electron chi connectivity index (χ2n) is 3.24. The monoisotopic (exact) mass is 245 g/mol. The van der Waals surface area contributed by atoms with E-state index in [1.54, 1.807) is 0 Å². The van der Waals surface area contributed by atoms with Crippen molar-refractivity contribution in [1.29, 1.82) is 0 Å². The van der Waals surface area contributed by atoms with E-state index in [4.69, 9.17) is 16.3 Å². The lowest BCUT2D eigenvalue weighted by atomic mass is 10.2. The average Bonchev–Trinajstić information content (AvgIpc) is 2.35. The van der Waals surface area contributed by atoms with Crippen LogP contribution in [0, 0.1) is 12.3 Å². The summed E-state index contributed by atoms with van der Waals surface area (Å²) < 4.78 is 5.13. The normalized spacial score (nSPS) is 9.06. The second-order valence-corrected chi connectivity index (χ2v) is 3.24. The van der Waals surface area contributed by atoms with Gasteiger partial charge in [-0.1, -0.05) is 12.5 Å². The minimum Gasteiger partial charge on any atom is -0.481 e. The summed E-state index contributed by atoms with van der Waals surface area (Å²) in [7, 11) is 0. The molecule has 0 spiro atoms. The van der Waals surface area contributed by atoms with Crippen molar-refractivity contribution in [2.75, 3.05) is 11.9 Å². The van der Waals surface area contributed by atoms with E-state index in [1.807, 2.05) is 0 Å². The summed E-state index contributed by atoms with van der Waals surface area (Å²) in [5.74, 6) is 0.960. The molecule has 0 aliphatic heterocycles. The quantitative estimate of drug-likeness (QED) is 0.609. The van der Waals surface area contributed by atoms with Gasteiger partial charge in [0.05, 0.1) is 5.56 Å². The zero-order chi connectivity index (χ0) is 13.5. The molecule has 0 atom stereocenters. The van der Waals surface area contributed by atoms with E-state index in [0.29, 0.717) is 5.69 Å². The van der Waals surface area contributed by atoms with Crippen molar-refractivity contribution in [2.24, 2.45) is 0 Å². The molecule has 1 rings (SSSR count). The summed E-state index contributed by atoms with van der Waals surface area (Å²) >= 11 is 0. The van der Waals surface area contributed by atoms with Gasteiger partial charge in [-0.25, -0.2) is 4.79 Å². The Morgan fingerprint density at radius 2 is 2.22 bits per heavy atom. The van der Waals surface area contributed by atoms with Crippen LogP contribution in [0.25, 0.3) is 0 Å². The average molecular weight is 245 g/mol. The molecular formula is C13H11NO4. The molecule has 0 aliphatic carbocycles. The highest BCUT2D eigenvalue weighted by molar-refractivity contribution is 6.00. The number of amides is 1. The third-order valence-corrected chi connectivity index (χ3v) is 1.93. The molecule has 1 aromatic carbocycles. The van der Waals surface area contributed by atoms with Crippen LogP contribution in [0.2, 0.25) is 0 Å². The van der Waals surface area contributed by atoms with Crippen molar-refractivity contribution < 1.29 is 19.4 Å². The number of hydrogen-bond acceptors (Lipinski definition) is 3. The van der Waals surface area contributed by atoms with E-state index < -0.39 is 11.9 Å². The zero-order valence-electron chi connectivity index (χ0n) is 9.47. The van der Waals surface area contributed by atoms with Crippen molar-refractivity contribution in [3.8, 4) is 18.1 Å². The molecule has 5 nitrogen and oxygen atoms in total. The molecule has 2 N–H and O–H groups in total. The third-order valence-electron chi connectivity index (χ3n) is 1.93. The number of anilines is 1. The molecule has 1 amide bonds. The first-order valence-electron chi connectivity index (χ1n) is 4.95. The van der Waals surface area contributed by atoms with Crippen molar-refractivity contribution >= 4 is 17.6 Å². The Morgan fingerprint density at radius 3 is 2.78 bits per heavy atom. The maximum atomic E-state index is 11.1. The van der Waals surface area contributed by atoms with E-state index >= 15 is 0 Å². The largest absolute Gasteiger partial charge is 0.481 e. The Labute approximate surface area is 104 Å². The van der Waals surface area contributed by atoms with Gasteiger partial charge in [0.2, 0.25) is 5.91 Å². The van der Waals surface area contributed by atoms with Crippen LogP contribution in [0.15, 0.2) is 30.9 Å². The van der Waals surface area contributed by atoms with Gasteiger partial charge in [0.15, 0.2) is 0 Å². The van der Waals surface area contributed by atoms with E-state index in [-0.39, 0.29) is 17.9 Å². The van der Waals surface area contributed by atoms with E-state index in [1.165, 1.54) is 18.2 Å². The zero-order valence-corrected chi connectivity index (χ0v) is 9.47. The maximum absolute atomic E-state index is 11.1. The van der Waals surface area contributed by atoms with Crippen LogP contribution in [0.5, 0.6) is 5.75 Å². The summed E-state index contributed by atoms with van der Waals surface area (Å²) in [6.07, 6.45) is 6.12. The maximum Gasteiger partial charge on any atom is 0.335 e. The van der Waals surface area contributed by atoms with Crippen LogP contribution in [-0.2, 0) is 4.79 Å². The fourth-order valence-electron chi connectivity index (χ4n) is 1.20. The van der Waals surface area contributed by atoms with E-state index in [9.17, 15) is 9.59 Å². The van der Waals surface area contributed by atoms with Crippen LogP contribution in [0.1, 0.15) is 10.4 Å². The molecule has 0 unspecified atom stereocenters. The number of benzene rings is 1. The molecule has 0 saturated carbocycles. The van der Waals surface area contributed by atoms with Gasteiger partial charge in [-0.15, -0.1) is 6.42 Å². The number of aromatic carboxylic acids is 1. The number of carbonyl (C=O) groups excluding carboxylic acids is 1. The van der Waals surface area contributed by atoms with Crippen LogP contribution in [-0.4, -0.2) is 23.6 Å². The van der Waals surface area contributed by atoms with Gasteiger partial charge in [-0.2, -0.15) is 0 Å². The van der Waals surface area contributed by atoms with Gasteiger partial charge in [0, 0.05) is 11.8 Å². The smallest absolute Gasteiger partial charge is 0.335 e. The highest BCUT2D eigenvalue weighted by atomic mass is 16.5. The number of hydrogen-bond donors (Lipinski definition) is 2. The van der Waals surface area contributed by atoms with Gasteiger partial charge in [-0.05, 0) is 18.2 Å². The Kier molecular flexibility index (Phi) is 4.52. The van der Waals surface area contributed by atoms with Gasteiger partial charge in [0.25, 0.3) is 0 Å². The van der Waals surface area contributed by atoms with Gasteiger partial charge in [0.1, 0.15) is 12.4 Å². The first-order valence-corrected chi connectivity index (χ1v) is 4.95. The number of rotatable bonds is 5. The first kappa shape index (κ1) is 13.3. The van der Waals surface area contributed by atoms with Gasteiger partial charge < -0.3 is 15.2 Å². The summed E-state index contributed by atoms with van der Waals surface area (Å²) in [6.45, 7) is 3.31. The van der Waals surface area contributed by atoms with Crippen LogP contribution < -0.4 is 10.1 Å². The minimum atomic E-state index is -1.13. The number of ether oxygens (including phenoxy) is 1. The highest BCUT2D eigenvalue weighted by Gasteiger charge is 2.09. The number of carbonyl (C=O) groups is 2. The molecule has 1 aromatic rings. The molecule has 0 heterocycles. The van der Waals surface area contributed by atoms with Crippen molar-refractivity contribution in [3.63, 3.8) is 0 Å². The topological polar surface area (TPSA) is 75.6 Å². The van der Waals surface area contributed by atoms with Crippen LogP contribution in [0.4, 0.5) is 5.69 Å². The lowest BCUT2D eigenvalue weighted by Crippen LogP contribution is -2.09. The minimum absolute atomic E-state index is 0.0103. The first-order chi connectivity index (χ1) is 8.56. The SMILES string of the molecule is C#CCOc1cc(NC(=O)C=C)cc(C(=O)O)c1. The lowest BCUT2D eigenvalue weighted by Gasteiger charge is -2.08. The van der Waals surface area contributed by atoms with Crippen molar-refractivity contribution in [2.45, 2.75) is 0 Å². The third kappa shape index (κ3) is 3.68. The summed E-state index contributed by atoms with van der Waals surface area (Å²) in [5.41, 5.74) is 0.288. The van der Waals surface area contributed by atoms with Crippen molar-refractivity contribution in [3.05, 3.63) is 36.4 Å². The number of nitrogens with one attached hydrogen (secondary N) is 1. The van der Waals surface area contributed by atoms with E-state index in [2.05, 4.69) is 17.8 Å². The van der Waals surface area contributed by atoms with Crippen molar-refractivity contribution in [1.82, 2.24) is 0 Å². The van der Waals surface area contributed by atoms with Gasteiger partial charge >= 0.3 is 5.97 Å². The highest BCUT2D eigenvalue weighted by Crippen LogP contribution is 2.21. The Bertz CT molecular complexity index is 528. The fourth-order valence-corrected chi connectivity index (χ4v) is 1.20. The number of carboxylic acid groups (broad SMARTS) is 1. The lowest BCUT2D eigenvalue weighted by molar-refractivity contribution is -0.111. The molecular weight excluding hydrogens is 234 g/mol. The Balaban J connectivity index is 3.05. The fraction of sp³-hybridized carbons (Fsp3) is 0.0769. The molecule has 0 bridgehead atoms. The van der Waals surface area contributed by atoms with Gasteiger partial charge in [-0.3, -0.25) is 4.79 Å². The number of terminal acetylenes is 1. The molecule has 0 aliphatic rings. The van der Waals surface area contributed by atoms with Crippen LogP contribution in [0.3, 0.4) is 0 Å². The molecule has 0 fully saturated rings. The number of carboxylic acids is 1. The summed E-state index contributed by atoms with van der Waals surface area (Å²) in [4.78, 5) is 22.0. The van der Waals surface area contributed by atoms with E-state index in [0.717, 1.165) is 6.08 Å². The second kappa shape index (κ2) is 6.11. The predicted octanol–water partition coefficient (Wildman–Crippen LogP) is 1.52.